The van der Waals surface area contributed by atoms with Crippen molar-refractivity contribution in [1.29, 1.82) is 0 Å². The lowest BCUT2D eigenvalue weighted by Gasteiger charge is -2.12. The van der Waals surface area contributed by atoms with Gasteiger partial charge in [-0.2, -0.15) is 0 Å². The van der Waals surface area contributed by atoms with E-state index >= 15 is 0 Å². The molecule has 0 bridgehead atoms. The average Bonchev–Trinajstić information content (AvgIpc) is 2.43. The van der Waals surface area contributed by atoms with Crippen LogP contribution in [0.15, 0.2) is 45.3 Å². The van der Waals surface area contributed by atoms with Crippen LogP contribution in [0.2, 0.25) is 0 Å². The summed E-state index contributed by atoms with van der Waals surface area (Å²) in [6, 6.07) is 10.6. The van der Waals surface area contributed by atoms with E-state index in [0.717, 1.165) is 5.56 Å². The summed E-state index contributed by atoms with van der Waals surface area (Å²) in [7, 11) is 0. The van der Waals surface area contributed by atoms with Crippen LogP contribution in [0, 0.1) is 6.92 Å². The number of aromatic hydroxyl groups is 1. The molecule has 0 aliphatic heterocycles. The number of anilines is 1. The minimum Gasteiger partial charge on any atom is -0.506 e. The van der Waals surface area contributed by atoms with Gasteiger partial charge in [-0.15, -0.1) is 0 Å². The first kappa shape index (κ1) is 14.1. The number of rotatable bonds is 2. The van der Waals surface area contributed by atoms with E-state index in [0.29, 0.717) is 20.2 Å². The smallest absolute Gasteiger partial charge is 0.255 e. The number of phenolic OH excluding ortho intramolecular Hbond substituents is 1. The van der Waals surface area contributed by atoms with E-state index in [1.54, 1.807) is 18.2 Å². The number of amides is 1. The second-order valence-electron chi connectivity index (χ2n) is 4.01. The van der Waals surface area contributed by atoms with Crippen LogP contribution in [0.1, 0.15) is 15.9 Å². The Hall–Kier alpha value is -1.33. The van der Waals surface area contributed by atoms with Crippen LogP contribution < -0.4 is 5.32 Å². The highest BCUT2D eigenvalue weighted by Crippen LogP contribution is 2.39. The lowest BCUT2D eigenvalue weighted by atomic mass is 10.1. The predicted molar refractivity (Wildman–Crippen MR) is 82.6 cm³/mol. The van der Waals surface area contributed by atoms with E-state index in [4.69, 9.17) is 0 Å². The molecule has 1 amide bonds. The summed E-state index contributed by atoms with van der Waals surface area (Å²) in [5.41, 5.74) is 2.00. The van der Waals surface area contributed by atoms with Gasteiger partial charge < -0.3 is 10.4 Å². The Bertz CT molecular complexity index is 627. The Kier molecular flexibility index (Phi) is 4.27. The summed E-state index contributed by atoms with van der Waals surface area (Å²) in [4.78, 5) is 12.1. The number of carbonyl (C=O) groups excluding carboxylic acids is 1. The lowest BCUT2D eigenvalue weighted by Crippen LogP contribution is -2.12. The minimum atomic E-state index is -0.187. The van der Waals surface area contributed by atoms with Crippen molar-refractivity contribution < 1.29 is 9.90 Å². The van der Waals surface area contributed by atoms with Crippen molar-refractivity contribution in [2.45, 2.75) is 6.92 Å². The molecule has 19 heavy (non-hydrogen) atoms. The highest BCUT2D eigenvalue weighted by atomic mass is 79.9. The third-order valence-corrected chi connectivity index (χ3v) is 4.30. The highest BCUT2D eigenvalue weighted by molar-refractivity contribution is 9.11. The largest absolute Gasteiger partial charge is 0.506 e. The van der Waals surface area contributed by atoms with Crippen molar-refractivity contribution in [3.8, 4) is 5.75 Å². The predicted octanol–water partition coefficient (Wildman–Crippen LogP) is 4.48. The summed E-state index contributed by atoms with van der Waals surface area (Å²) in [6.07, 6.45) is 0. The Morgan fingerprint density at radius 2 is 1.84 bits per heavy atom. The van der Waals surface area contributed by atoms with Crippen molar-refractivity contribution in [3.63, 3.8) is 0 Å². The third kappa shape index (κ3) is 2.98. The summed E-state index contributed by atoms with van der Waals surface area (Å²) in [5.74, 6) is -0.0663. The zero-order valence-electron chi connectivity index (χ0n) is 10.1. The summed E-state index contributed by atoms with van der Waals surface area (Å²) >= 11 is 6.54. The molecule has 2 N–H and O–H groups in total. The number of halogens is 2. The van der Waals surface area contributed by atoms with Crippen molar-refractivity contribution in [2.24, 2.45) is 0 Å². The molecule has 0 atom stereocenters. The summed E-state index contributed by atoms with van der Waals surface area (Å²) in [5, 5.41) is 12.6. The van der Waals surface area contributed by atoms with Gasteiger partial charge in [0, 0.05) is 11.3 Å². The van der Waals surface area contributed by atoms with Gasteiger partial charge in [-0.25, -0.2) is 0 Å². The van der Waals surface area contributed by atoms with Crippen LogP contribution in [0.25, 0.3) is 0 Å². The van der Waals surface area contributed by atoms with Gasteiger partial charge in [-0.05, 0) is 62.5 Å². The van der Waals surface area contributed by atoms with Crippen molar-refractivity contribution >= 4 is 43.5 Å². The topological polar surface area (TPSA) is 49.3 Å². The van der Waals surface area contributed by atoms with E-state index in [9.17, 15) is 9.90 Å². The summed E-state index contributed by atoms with van der Waals surface area (Å²) in [6.45, 7) is 1.82. The van der Waals surface area contributed by atoms with Gasteiger partial charge in [-0.1, -0.05) is 18.2 Å². The number of benzene rings is 2. The van der Waals surface area contributed by atoms with Gasteiger partial charge in [0.2, 0.25) is 0 Å². The van der Waals surface area contributed by atoms with E-state index in [1.807, 2.05) is 25.1 Å². The molecule has 0 aromatic heterocycles. The molecule has 0 spiro atoms. The quantitative estimate of drug-likeness (QED) is 0.750. The number of carbonyl (C=O) groups is 1. The third-order valence-electron chi connectivity index (χ3n) is 2.72. The molecule has 2 aromatic carbocycles. The molecule has 0 unspecified atom stereocenters. The molecular formula is C14H11Br2NO2. The van der Waals surface area contributed by atoms with E-state index in [2.05, 4.69) is 37.2 Å². The molecule has 0 fully saturated rings. The maximum absolute atomic E-state index is 12.1. The molecule has 3 nitrogen and oxygen atoms in total. The molecule has 0 aliphatic carbocycles. The maximum Gasteiger partial charge on any atom is 0.255 e. The monoisotopic (exact) mass is 383 g/mol. The lowest BCUT2D eigenvalue weighted by molar-refractivity contribution is 0.102. The van der Waals surface area contributed by atoms with Gasteiger partial charge in [-0.3, -0.25) is 4.79 Å². The van der Waals surface area contributed by atoms with Crippen LogP contribution in [0.4, 0.5) is 5.69 Å². The van der Waals surface area contributed by atoms with Crippen LogP contribution in [-0.4, -0.2) is 11.0 Å². The van der Waals surface area contributed by atoms with Crippen LogP contribution in [-0.2, 0) is 0 Å². The fraction of sp³-hybridized carbons (Fsp3) is 0.0714. The molecule has 0 saturated carbocycles. The van der Waals surface area contributed by atoms with Gasteiger partial charge in [0.05, 0.1) is 8.95 Å². The molecular weight excluding hydrogens is 374 g/mol. The average molecular weight is 385 g/mol. The van der Waals surface area contributed by atoms with E-state index in [1.165, 1.54) is 0 Å². The minimum absolute atomic E-state index is 0.121. The molecule has 5 heteroatoms. The van der Waals surface area contributed by atoms with Crippen LogP contribution >= 0.6 is 31.9 Å². The normalized spacial score (nSPS) is 10.3. The second kappa shape index (κ2) is 5.75. The van der Waals surface area contributed by atoms with E-state index < -0.39 is 0 Å². The van der Waals surface area contributed by atoms with Gasteiger partial charge in [0.15, 0.2) is 0 Å². The van der Waals surface area contributed by atoms with Crippen molar-refractivity contribution in [1.82, 2.24) is 0 Å². The first-order valence-electron chi connectivity index (χ1n) is 5.54. The number of phenols is 1. The molecule has 2 rings (SSSR count). The van der Waals surface area contributed by atoms with Crippen molar-refractivity contribution in [3.05, 3.63) is 56.5 Å². The van der Waals surface area contributed by atoms with Gasteiger partial charge in [0.1, 0.15) is 5.75 Å². The van der Waals surface area contributed by atoms with Gasteiger partial charge >= 0.3 is 0 Å². The Balaban J connectivity index is 2.32. The standard InChI is InChI=1S/C14H11Br2NO2/c1-8-11(7-10(15)13(18)12(8)16)17-14(19)9-5-3-2-4-6-9/h2-7,18H,1H3,(H,17,19). The molecule has 0 heterocycles. The Morgan fingerprint density at radius 1 is 1.21 bits per heavy atom. The first-order valence-corrected chi connectivity index (χ1v) is 7.13. The van der Waals surface area contributed by atoms with E-state index in [-0.39, 0.29) is 11.7 Å². The Morgan fingerprint density at radius 3 is 2.47 bits per heavy atom. The zero-order chi connectivity index (χ0) is 14.0. The second-order valence-corrected chi connectivity index (χ2v) is 5.66. The van der Waals surface area contributed by atoms with Crippen molar-refractivity contribution in [2.75, 3.05) is 5.32 Å². The molecule has 0 aliphatic rings. The maximum atomic E-state index is 12.1. The molecule has 2 aromatic rings. The van der Waals surface area contributed by atoms with Crippen LogP contribution in [0.5, 0.6) is 5.75 Å². The highest BCUT2D eigenvalue weighted by Gasteiger charge is 2.14. The number of nitrogens with one attached hydrogen (secondary N) is 1. The first-order chi connectivity index (χ1) is 9.00. The Labute approximate surface area is 127 Å². The fourth-order valence-electron chi connectivity index (χ4n) is 1.62. The molecule has 0 radical (unpaired) electrons. The van der Waals surface area contributed by atoms with Gasteiger partial charge in [0.25, 0.3) is 5.91 Å². The number of hydrogen-bond donors (Lipinski definition) is 2. The summed E-state index contributed by atoms with van der Waals surface area (Å²) < 4.78 is 1.08. The molecule has 0 saturated heterocycles. The fourth-order valence-corrected chi connectivity index (χ4v) is 2.74. The number of hydrogen-bond acceptors (Lipinski definition) is 2. The van der Waals surface area contributed by atoms with Crippen LogP contribution in [0.3, 0.4) is 0 Å². The SMILES string of the molecule is Cc1c(NC(=O)c2ccccc2)cc(Br)c(O)c1Br. The zero-order valence-corrected chi connectivity index (χ0v) is 13.2. The molecule has 98 valence electrons.